The summed E-state index contributed by atoms with van der Waals surface area (Å²) < 4.78 is 48.0. The molecule has 2 saturated heterocycles. The molecule has 0 amide bonds. The summed E-state index contributed by atoms with van der Waals surface area (Å²) in [4.78, 5) is 49.5. The number of H-pyrrole nitrogens is 1. The summed E-state index contributed by atoms with van der Waals surface area (Å²) in [5.41, 5.74) is -1.28. The van der Waals surface area contributed by atoms with E-state index in [0.717, 1.165) is 4.57 Å². The third-order valence-electron chi connectivity index (χ3n) is 5.30. The van der Waals surface area contributed by atoms with Crippen molar-refractivity contribution in [2.75, 3.05) is 6.61 Å². The Labute approximate surface area is 196 Å². The lowest BCUT2D eigenvalue weighted by molar-refractivity contribution is -0.299. The van der Waals surface area contributed by atoms with Crippen LogP contribution < -0.4 is 21.0 Å². The van der Waals surface area contributed by atoms with Gasteiger partial charge in [-0.1, -0.05) is 0 Å². The van der Waals surface area contributed by atoms with Crippen molar-refractivity contribution in [3.63, 3.8) is 0 Å². The third kappa shape index (κ3) is 6.72. The van der Waals surface area contributed by atoms with Crippen molar-refractivity contribution in [1.82, 2.24) is 9.55 Å². The van der Waals surface area contributed by atoms with E-state index >= 15 is 0 Å². The van der Waals surface area contributed by atoms with Crippen LogP contribution in [0.2, 0.25) is 0 Å². The molecule has 35 heavy (non-hydrogen) atoms. The van der Waals surface area contributed by atoms with Crippen molar-refractivity contribution in [2.45, 2.75) is 69.4 Å². The summed E-state index contributed by atoms with van der Waals surface area (Å²) >= 11 is 0. The number of nitrogens with one attached hydrogen (secondary N) is 1. The Morgan fingerprint density at radius 2 is 1.77 bits per heavy atom. The van der Waals surface area contributed by atoms with Crippen LogP contribution >= 0.6 is 15.6 Å². The van der Waals surface area contributed by atoms with Crippen LogP contribution in [0.1, 0.15) is 25.1 Å². The predicted molar refractivity (Wildman–Crippen MR) is 106 cm³/mol. The van der Waals surface area contributed by atoms with Gasteiger partial charge in [-0.25, -0.2) is 9.11 Å². The maximum absolute atomic E-state index is 12.0. The lowest BCUT2D eigenvalue weighted by Crippen LogP contribution is -2.57. The molecule has 0 spiro atoms. The highest BCUT2D eigenvalue weighted by Gasteiger charge is 2.44. The summed E-state index contributed by atoms with van der Waals surface area (Å²) in [5.74, 6) is 0. The van der Waals surface area contributed by atoms with Crippen molar-refractivity contribution in [3.05, 3.63) is 32.6 Å². The number of aromatic nitrogens is 2. The van der Waals surface area contributed by atoms with E-state index in [1.165, 1.54) is 20.0 Å². The van der Waals surface area contributed by atoms with Crippen LogP contribution in [-0.4, -0.2) is 79.5 Å². The average Bonchev–Trinajstić information content (AvgIpc) is 3.11. The first-order valence-corrected chi connectivity index (χ1v) is 13.0. The van der Waals surface area contributed by atoms with E-state index < -0.39 is 82.6 Å². The number of aliphatic hydroxyl groups is 4. The van der Waals surface area contributed by atoms with Gasteiger partial charge in [-0.2, -0.15) is 0 Å². The van der Waals surface area contributed by atoms with E-state index in [0.29, 0.717) is 0 Å². The van der Waals surface area contributed by atoms with Crippen LogP contribution in [0.3, 0.4) is 0 Å². The number of hydrogen-bond acceptors (Lipinski definition) is 15. The maximum Gasteiger partial charge on any atom is 0.330 e. The second-order valence-corrected chi connectivity index (χ2v) is 10.9. The van der Waals surface area contributed by atoms with Gasteiger partial charge >= 0.3 is 5.69 Å². The lowest BCUT2D eigenvalue weighted by atomic mass is 10.0. The Bertz CT molecular complexity index is 1120. The van der Waals surface area contributed by atoms with Gasteiger partial charge in [0.2, 0.25) is 0 Å². The number of phosphoric acid groups is 2. The fourth-order valence-corrected chi connectivity index (χ4v) is 5.47. The van der Waals surface area contributed by atoms with Crippen LogP contribution in [0.15, 0.2) is 15.8 Å². The minimum absolute atomic E-state index is 0.175. The van der Waals surface area contributed by atoms with E-state index in [4.69, 9.17) is 9.47 Å². The highest BCUT2D eigenvalue weighted by atomic mass is 31.3. The standard InChI is InChI=1S/C16H26N2O15P2/c1-6-4-18(16(24)17-14(6)23)10-3-8(19)9(31-10)5-29-34(25,26)33-35(27,28)32-15-13(22)12(21)11(20)7(2)30-15/h4,7-13,15,19-22H,3,5H2,1-2H3,(H,25,26)(H,27,28)(H,17,23,24)/p-2/t7-,8+,9-,10-,11-,12+,13-,15-/m1/s1. The number of hydrogen-bond donors (Lipinski definition) is 5. The van der Waals surface area contributed by atoms with Gasteiger partial charge in [0, 0.05) is 18.2 Å². The molecule has 0 aromatic carbocycles. The van der Waals surface area contributed by atoms with E-state index in [2.05, 4.69) is 13.4 Å². The first-order chi connectivity index (χ1) is 16.1. The van der Waals surface area contributed by atoms with Gasteiger partial charge in [-0.05, 0) is 13.8 Å². The fourth-order valence-electron chi connectivity index (χ4n) is 3.39. The van der Waals surface area contributed by atoms with Gasteiger partial charge < -0.3 is 44.2 Å². The van der Waals surface area contributed by atoms with E-state index in [1.54, 1.807) is 0 Å². The van der Waals surface area contributed by atoms with Gasteiger partial charge in [0.1, 0.15) is 30.6 Å². The summed E-state index contributed by atoms with van der Waals surface area (Å²) in [5, 5.41) is 39.2. The highest BCUT2D eigenvalue weighted by Crippen LogP contribution is 2.57. The monoisotopic (exact) mass is 546 g/mol. The number of ether oxygens (including phenoxy) is 2. The quantitative estimate of drug-likeness (QED) is 0.197. The Morgan fingerprint density at radius 3 is 2.43 bits per heavy atom. The van der Waals surface area contributed by atoms with Crippen molar-refractivity contribution in [3.8, 4) is 0 Å². The smallest absolute Gasteiger partial charge is 0.330 e. The second-order valence-electron chi connectivity index (χ2n) is 7.97. The number of rotatable bonds is 8. The van der Waals surface area contributed by atoms with Crippen LogP contribution in [0.25, 0.3) is 0 Å². The third-order valence-corrected chi connectivity index (χ3v) is 7.83. The Balaban J connectivity index is 1.59. The van der Waals surface area contributed by atoms with Gasteiger partial charge in [0.15, 0.2) is 6.29 Å². The van der Waals surface area contributed by atoms with E-state index in [-0.39, 0.29) is 12.0 Å². The first kappa shape index (κ1) is 28.3. The van der Waals surface area contributed by atoms with Gasteiger partial charge in [0.25, 0.3) is 21.2 Å². The molecule has 2 unspecified atom stereocenters. The molecule has 0 aliphatic carbocycles. The highest BCUT2D eigenvalue weighted by molar-refractivity contribution is 7.59. The zero-order valence-corrected chi connectivity index (χ0v) is 20.0. The topological polar surface area (TPSA) is 262 Å². The molecule has 2 aliphatic rings. The Kier molecular flexibility index (Phi) is 8.56. The van der Waals surface area contributed by atoms with Crippen molar-refractivity contribution in [1.29, 1.82) is 0 Å². The fraction of sp³-hybridized carbons (Fsp3) is 0.750. The van der Waals surface area contributed by atoms with E-state index in [1.807, 2.05) is 4.98 Å². The van der Waals surface area contributed by atoms with Crippen LogP contribution in [0.5, 0.6) is 0 Å². The molecule has 1 aromatic rings. The van der Waals surface area contributed by atoms with Gasteiger partial charge in [-0.3, -0.25) is 28.0 Å². The first-order valence-electron chi connectivity index (χ1n) is 10.1. The molecule has 200 valence electrons. The number of aryl methyl sites for hydroxylation is 1. The number of aromatic amines is 1. The molecule has 19 heteroatoms. The Hall–Kier alpha value is -1.30. The number of nitrogens with zero attached hydrogens (tertiary/aromatic N) is 1. The molecule has 0 saturated carbocycles. The molecule has 0 bridgehead atoms. The maximum atomic E-state index is 12.0. The molecule has 17 nitrogen and oxygen atoms in total. The predicted octanol–water partition coefficient (Wildman–Crippen LogP) is -3.69. The molecular weight excluding hydrogens is 522 g/mol. The summed E-state index contributed by atoms with van der Waals surface area (Å²) in [6.07, 6.45) is -11.5. The van der Waals surface area contributed by atoms with Gasteiger partial charge in [0.05, 0.1) is 18.8 Å². The molecule has 2 aliphatic heterocycles. The Morgan fingerprint density at radius 1 is 1.11 bits per heavy atom. The molecule has 2 fully saturated rings. The molecule has 0 radical (unpaired) electrons. The van der Waals surface area contributed by atoms with Crippen LogP contribution in [-0.2, 0) is 32.0 Å². The SMILES string of the molecule is Cc1cn([C@H]2C[C@H](O)[C@@H](COP(=O)([O-])OP(=O)([O-])O[C@H]3O[C@H](C)[C@@H](O)[C@H](O)[C@H]3O)O2)c(=O)[nH]c1=O. The minimum atomic E-state index is -5.76. The summed E-state index contributed by atoms with van der Waals surface area (Å²) in [7, 11) is -11.4. The molecular formula is C16H24N2O15P2-2. The minimum Gasteiger partial charge on any atom is -0.756 e. The molecule has 5 N–H and O–H groups in total. The van der Waals surface area contributed by atoms with Crippen LogP contribution in [0.4, 0.5) is 0 Å². The zero-order valence-electron chi connectivity index (χ0n) is 18.2. The van der Waals surface area contributed by atoms with Crippen molar-refractivity contribution in [2.24, 2.45) is 0 Å². The lowest BCUT2D eigenvalue weighted by Gasteiger charge is -2.41. The van der Waals surface area contributed by atoms with Gasteiger partial charge in [-0.15, -0.1) is 0 Å². The normalized spacial score (nSPS) is 37.0. The van der Waals surface area contributed by atoms with Crippen molar-refractivity contribution < 1.29 is 62.2 Å². The average molecular weight is 546 g/mol. The van der Waals surface area contributed by atoms with Crippen LogP contribution in [0, 0.1) is 6.92 Å². The number of aliphatic hydroxyl groups excluding tert-OH is 4. The second kappa shape index (κ2) is 10.6. The van der Waals surface area contributed by atoms with Crippen molar-refractivity contribution >= 4 is 15.6 Å². The largest absolute Gasteiger partial charge is 0.756 e. The summed E-state index contributed by atoms with van der Waals surface area (Å²) in [6, 6.07) is 0. The zero-order chi connectivity index (χ0) is 26.3. The van der Waals surface area contributed by atoms with E-state index in [9.17, 15) is 48.9 Å². The molecule has 3 heterocycles. The summed E-state index contributed by atoms with van der Waals surface area (Å²) in [6.45, 7) is 1.74. The molecule has 1 aromatic heterocycles. The molecule has 3 rings (SSSR count). The number of phosphoric ester groups is 2. The molecule has 10 atom stereocenters.